The number of nitrogens with one attached hydrogen (secondary N) is 1. The van der Waals surface area contributed by atoms with Gasteiger partial charge in [0, 0.05) is 7.05 Å². The normalized spacial score (nSPS) is 9.65. The molecule has 0 unspecified atom stereocenters. The number of amides is 1. The summed E-state index contributed by atoms with van der Waals surface area (Å²) in [6.45, 7) is 0.116. The van der Waals surface area contributed by atoms with Gasteiger partial charge in [-0.1, -0.05) is 23.2 Å². The van der Waals surface area contributed by atoms with Crippen molar-refractivity contribution in [3.05, 3.63) is 29.8 Å². The molecule has 0 saturated carbocycles. The van der Waals surface area contributed by atoms with E-state index < -0.39 is 6.09 Å². The number of terminal acetylenes is 1. The van der Waals surface area contributed by atoms with Gasteiger partial charge in [0.25, 0.3) is 0 Å². The molecule has 1 rings (SSSR count). The number of carbonyl (C=O) groups excluding carboxylic acids is 1. The van der Waals surface area contributed by atoms with E-state index in [1.165, 1.54) is 13.3 Å². The standard InChI is InChI=1S/C12H12N2O3/c1-3-7-16-14-9-10-5-4-6-11(8-10)17-12(15)13-2/h1,4-6,8-9H,7H2,2H3,(H,13,15)/b14-9+. The molecule has 0 aliphatic rings. The lowest BCUT2D eigenvalue weighted by atomic mass is 10.2. The van der Waals surface area contributed by atoms with Gasteiger partial charge in [-0.3, -0.25) is 0 Å². The summed E-state index contributed by atoms with van der Waals surface area (Å²) in [5.74, 6) is 2.71. The summed E-state index contributed by atoms with van der Waals surface area (Å²) >= 11 is 0. The third kappa shape index (κ3) is 4.71. The molecule has 1 aromatic carbocycles. The maximum absolute atomic E-state index is 11.0. The van der Waals surface area contributed by atoms with Crippen molar-refractivity contribution in [2.24, 2.45) is 5.16 Å². The van der Waals surface area contributed by atoms with Gasteiger partial charge in [0.1, 0.15) is 5.75 Å². The lowest BCUT2D eigenvalue weighted by molar-refractivity contribution is 0.181. The minimum atomic E-state index is -0.525. The Kier molecular flexibility index (Phi) is 5.11. The maximum Gasteiger partial charge on any atom is 0.412 e. The third-order valence-corrected chi connectivity index (χ3v) is 1.70. The molecule has 0 aromatic heterocycles. The van der Waals surface area contributed by atoms with Gasteiger partial charge in [0.15, 0.2) is 6.61 Å². The lowest BCUT2D eigenvalue weighted by Crippen LogP contribution is -2.22. The molecule has 5 heteroatoms. The molecular formula is C12H12N2O3. The van der Waals surface area contributed by atoms with Crippen LogP contribution < -0.4 is 10.1 Å². The van der Waals surface area contributed by atoms with E-state index in [0.29, 0.717) is 5.75 Å². The average molecular weight is 232 g/mol. The molecule has 1 amide bonds. The Labute approximate surface area is 99.4 Å². The van der Waals surface area contributed by atoms with E-state index in [0.717, 1.165) is 5.56 Å². The largest absolute Gasteiger partial charge is 0.412 e. The molecule has 0 aliphatic heterocycles. The zero-order valence-corrected chi connectivity index (χ0v) is 9.34. The monoisotopic (exact) mass is 232 g/mol. The first-order valence-corrected chi connectivity index (χ1v) is 4.84. The molecule has 88 valence electrons. The number of oxime groups is 1. The van der Waals surface area contributed by atoms with Gasteiger partial charge in [0.2, 0.25) is 0 Å². The fraction of sp³-hybridized carbons (Fsp3) is 0.167. The average Bonchev–Trinajstić information content (AvgIpc) is 2.35. The van der Waals surface area contributed by atoms with E-state index >= 15 is 0 Å². The summed E-state index contributed by atoms with van der Waals surface area (Å²) in [6, 6.07) is 6.84. The van der Waals surface area contributed by atoms with Crippen LogP contribution in [0.2, 0.25) is 0 Å². The first kappa shape index (κ1) is 12.6. The maximum atomic E-state index is 11.0. The van der Waals surface area contributed by atoms with Crippen LogP contribution in [0, 0.1) is 12.3 Å². The van der Waals surface area contributed by atoms with Gasteiger partial charge in [-0.15, -0.1) is 6.42 Å². The van der Waals surface area contributed by atoms with Crippen molar-refractivity contribution in [3.8, 4) is 18.1 Å². The van der Waals surface area contributed by atoms with E-state index in [9.17, 15) is 4.79 Å². The smallest absolute Gasteiger partial charge is 0.410 e. The summed E-state index contributed by atoms with van der Waals surface area (Å²) in [7, 11) is 1.49. The fourth-order valence-electron chi connectivity index (χ4n) is 0.989. The highest BCUT2D eigenvalue weighted by Crippen LogP contribution is 2.12. The molecule has 0 heterocycles. The summed E-state index contributed by atoms with van der Waals surface area (Å²) < 4.78 is 4.95. The zero-order chi connectivity index (χ0) is 12.5. The van der Waals surface area contributed by atoms with Crippen LogP contribution in [-0.4, -0.2) is 26.0 Å². The van der Waals surface area contributed by atoms with Crippen LogP contribution in [0.15, 0.2) is 29.4 Å². The van der Waals surface area contributed by atoms with Gasteiger partial charge in [-0.2, -0.15) is 0 Å². The lowest BCUT2D eigenvalue weighted by Gasteiger charge is -2.03. The van der Waals surface area contributed by atoms with Crippen molar-refractivity contribution in [1.82, 2.24) is 5.32 Å². The van der Waals surface area contributed by atoms with Crippen LogP contribution in [0.5, 0.6) is 5.75 Å². The number of rotatable bonds is 4. The highest BCUT2D eigenvalue weighted by Gasteiger charge is 2.00. The number of benzene rings is 1. The minimum Gasteiger partial charge on any atom is -0.410 e. The Balaban J connectivity index is 2.63. The quantitative estimate of drug-likeness (QED) is 0.369. The Morgan fingerprint density at radius 3 is 3.18 bits per heavy atom. The number of carbonyl (C=O) groups is 1. The van der Waals surface area contributed by atoms with Gasteiger partial charge >= 0.3 is 6.09 Å². The highest BCUT2D eigenvalue weighted by atomic mass is 16.6. The van der Waals surface area contributed by atoms with E-state index in [-0.39, 0.29) is 6.61 Å². The fourth-order valence-corrected chi connectivity index (χ4v) is 0.989. The topological polar surface area (TPSA) is 59.9 Å². The van der Waals surface area contributed by atoms with Gasteiger partial charge in [0.05, 0.1) is 6.21 Å². The van der Waals surface area contributed by atoms with Crippen molar-refractivity contribution < 1.29 is 14.4 Å². The van der Waals surface area contributed by atoms with Crippen LogP contribution in [0.25, 0.3) is 0 Å². The summed E-state index contributed by atoms with van der Waals surface area (Å²) in [5, 5.41) is 6.00. The molecule has 17 heavy (non-hydrogen) atoms. The molecule has 1 N–H and O–H groups in total. The van der Waals surface area contributed by atoms with Gasteiger partial charge in [-0.25, -0.2) is 4.79 Å². The number of nitrogens with zero attached hydrogens (tertiary/aromatic N) is 1. The molecular weight excluding hydrogens is 220 g/mol. The molecule has 0 aliphatic carbocycles. The summed E-state index contributed by atoms with van der Waals surface area (Å²) in [6.07, 6.45) is 5.94. The van der Waals surface area contributed by atoms with Crippen molar-refractivity contribution in [2.45, 2.75) is 0 Å². The highest BCUT2D eigenvalue weighted by molar-refractivity contribution is 5.80. The number of ether oxygens (including phenoxy) is 1. The van der Waals surface area contributed by atoms with Crippen LogP contribution in [0.1, 0.15) is 5.56 Å². The molecule has 0 fully saturated rings. The Hall–Kier alpha value is -2.48. The van der Waals surface area contributed by atoms with E-state index in [1.54, 1.807) is 24.3 Å². The number of hydrogen-bond acceptors (Lipinski definition) is 4. The molecule has 1 aromatic rings. The second-order valence-corrected chi connectivity index (χ2v) is 2.92. The Bertz CT molecular complexity index is 449. The van der Waals surface area contributed by atoms with Crippen LogP contribution in [-0.2, 0) is 4.84 Å². The van der Waals surface area contributed by atoms with Crippen molar-refractivity contribution in [3.63, 3.8) is 0 Å². The zero-order valence-electron chi connectivity index (χ0n) is 9.34. The second-order valence-electron chi connectivity index (χ2n) is 2.92. The first-order chi connectivity index (χ1) is 8.26. The molecule has 5 nitrogen and oxygen atoms in total. The minimum absolute atomic E-state index is 0.116. The number of hydrogen-bond donors (Lipinski definition) is 1. The SMILES string of the molecule is C#CCO/N=C/c1cccc(OC(=O)NC)c1. The molecule has 0 atom stereocenters. The molecule has 0 radical (unpaired) electrons. The third-order valence-electron chi connectivity index (χ3n) is 1.70. The van der Waals surface area contributed by atoms with Crippen molar-refractivity contribution >= 4 is 12.3 Å². The predicted octanol–water partition coefficient (Wildman–Crippen LogP) is 1.39. The van der Waals surface area contributed by atoms with Crippen LogP contribution in [0.3, 0.4) is 0 Å². The van der Waals surface area contributed by atoms with E-state index in [1.807, 2.05) is 0 Å². The Morgan fingerprint density at radius 2 is 2.47 bits per heavy atom. The molecule has 0 spiro atoms. The summed E-state index contributed by atoms with van der Waals surface area (Å²) in [4.78, 5) is 15.7. The first-order valence-electron chi connectivity index (χ1n) is 4.84. The van der Waals surface area contributed by atoms with Gasteiger partial charge in [-0.05, 0) is 17.7 Å². The van der Waals surface area contributed by atoms with Crippen molar-refractivity contribution in [2.75, 3.05) is 13.7 Å². The summed E-state index contributed by atoms with van der Waals surface area (Å²) in [5.41, 5.74) is 0.739. The van der Waals surface area contributed by atoms with Crippen molar-refractivity contribution in [1.29, 1.82) is 0 Å². The van der Waals surface area contributed by atoms with Crippen LogP contribution >= 0.6 is 0 Å². The Morgan fingerprint density at radius 1 is 1.65 bits per heavy atom. The molecule has 0 bridgehead atoms. The van der Waals surface area contributed by atoms with Gasteiger partial charge < -0.3 is 14.9 Å². The molecule has 0 saturated heterocycles. The second kappa shape index (κ2) is 6.90. The van der Waals surface area contributed by atoms with Crippen LogP contribution in [0.4, 0.5) is 4.79 Å². The van der Waals surface area contributed by atoms with E-state index in [2.05, 4.69) is 16.4 Å². The van der Waals surface area contributed by atoms with E-state index in [4.69, 9.17) is 16.0 Å². The predicted molar refractivity (Wildman–Crippen MR) is 63.9 cm³/mol.